The minimum atomic E-state index is 0.612. The number of rotatable bonds is 0. The third-order valence-electron chi connectivity index (χ3n) is 3.79. The zero-order valence-corrected chi connectivity index (χ0v) is 10.5. The monoisotopic (exact) mass is 219 g/mol. The van der Waals surface area contributed by atoms with Crippen LogP contribution >= 0.6 is 0 Å². The first kappa shape index (κ1) is 11.9. The molecule has 1 unspecified atom stereocenters. The highest BCUT2D eigenvalue weighted by molar-refractivity contribution is 5.95. The normalized spacial score (nSPS) is 28.5. The molecule has 0 amide bonds. The molecule has 2 bridgehead atoms. The Morgan fingerprint density at radius 3 is 2.38 bits per heavy atom. The predicted octanol–water partition coefficient (Wildman–Crippen LogP) is 4.67. The molecule has 0 radical (unpaired) electrons. The molecule has 0 saturated heterocycles. The smallest absolute Gasteiger partial charge is 0.0537 e. The Kier molecular flexibility index (Phi) is 5.11. The van der Waals surface area contributed by atoms with Crippen LogP contribution in [0.2, 0.25) is 0 Å². The SMILES string of the molecule is C1=CC2=NC(C1)CCCCCCCCCC2. The first-order chi connectivity index (χ1) is 7.95. The quantitative estimate of drug-likeness (QED) is 0.561. The maximum atomic E-state index is 4.88. The molecule has 0 spiro atoms. The van der Waals surface area contributed by atoms with E-state index in [0.717, 1.165) is 0 Å². The average Bonchev–Trinajstić information content (AvgIpc) is 2.32. The lowest BCUT2D eigenvalue weighted by Crippen LogP contribution is -2.11. The molecular weight excluding hydrogens is 194 g/mol. The maximum Gasteiger partial charge on any atom is 0.0537 e. The van der Waals surface area contributed by atoms with Gasteiger partial charge in [-0.15, -0.1) is 0 Å². The summed E-state index contributed by atoms with van der Waals surface area (Å²) in [6, 6.07) is 0.612. The maximum absolute atomic E-state index is 4.88. The molecule has 2 heterocycles. The van der Waals surface area contributed by atoms with Gasteiger partial charge in [-0.2, -0.15) is 0 Å². The molecule has 0 saturated carbocycles. The molecule has 1 heteroatoms. The lowest BCUT2D eigenvalue weighted by Gasteiger charge is -2.16. The molecule has 0 aromatic heterocycles. The van der Waals surface area contributed by atoms with Crippen molar-refractivity contribution < 1.29 is 0 Å². The molecule has 0 N–H and O–H groups in total. The van der Waals surface area contributed by atoms with Crippen LogP contribution in [0, 0.1) is 0 Å². The van der Waals surface area contributed by atoms with Gasteiger partial charge in [0, 0.05) is 5.71 Å². The molecular formula is C15H25N. The first-order valence-electron chi connectivity index (χ1n) is 7.18. The van der Waals surface area contributed by atoms with Crippen LogP contribution in [0.15, 0.2) is 17.1 Å². The molecule has 2 rings (SSSR count). The van der Waals surface area contributed by atoms with E-state index in [-0.39, 0.29) is 0 Å². The zero-order valence-electron chi connectivity index (χ0n) is 10.5. The molecule has 90 valence electrons. The van der Waals surface area contributed by atoms with Gasteiger partial charge >= 0.3 is 0 Å². The van der Waals surface area contributed by atoms with E-state index in [1.807, 2.05) is 0 Å². The summed E-state index contributed by atoms with van der Waals surface area (Å²) in [6.07, 6.45) is 19.6. The third kappa shape index (κ3) is 4.11. The summed E-state index contributed by atoms with van der Waals surface area (Å²) in [6.45, 7) is 0. The van der Waals surface area contributed by atoms with E-state index >= 15 is 0 Å². The van der Waals surface area contributed by atoms with E-state index in [2.05, 4.69) is 12.2 Å². The second-order valence-corrected chi connectivity index (χ2v) is 5.28. The average molecular weight is 219 g/mol. The number of hydrogen-bond acceptors (Lipinski definition) is 1. The number of allylic oxidation sites excluding steroid dienone is 1. The van der Waals surface area contributed by atoms with E-state index in [1.165, 1.54) is 76.3 Å². The molecule has 1 atom stereocenters. The standard InChI is InChI=1S/C15H25N/c1-2-4-6-8-11-15-13-9-12-14(16-15)10-7-5-3-1/h9,12,15H,1-8,10-11,13H2. The first-order valence-corrected chi connectivity index (χ1v) is 7.18. The Morgan fingerprint density at radius 2 is 1.56 bits per heavy atom. The van der Waals surface area contributed by atoms with Gasteiger partial charge in [0.15, 0.2) is 0 Å². The van der Waals surface area contributed by atoms with Gasteiger partial charge in [-0.05, 0) is 31.8 Å². The Bertz CT molecular complexity index is 252. The summed E-state index contributed by atoms with van der Waals surface area (Å²) in [4.78, 5) is 4.88. The molecule has 0 aromatic carbocycles. The minimum absolute atomic E-state index is 0.612. The van der Waals surface area contributed by atoms with Crippen LogP contribution < -0.4 is 0 Å². The van der Waals surface area contributed by atoms with Crippen LogP contribution in [-0.4, -0.2) is 11.8 Å². The number of nitrogens with zero attached hydrogens (tertiary/aromatic N) is 1. The van der Waals surface area contributed by atoms with Crippen molar-refractivity contribution in [1.82, 2.24) is 0 Å². The van der Waals surface area contributed by atoms with Crippen molar-refractivity contribution in [3.05, 3.63) is 12.2 Å². The molecule has 16 heavy (non-hydrogen) atoms. The van der Waals surface area contributed by atoms with Gasteiger partial charge in [-0.1, -0.05) is 51.0 Å². The summed E-state index contributed by atoms with van der Waals surface area (Å²) >= 11 is 0. The largest absolute Gasteiger partial charge is 0.286 e. The Hall–Kier alpha value is -0.590. The summed E-state index contributed by atoms with van der Waals surface area (Å²) < 4.78 is 0. The summed E-state index contributed by atoms with van der Waals surface area (Å²) in [5, 5.41) is 0. The summed E-state index contributed by atoms with van der Waals surface area (Å²) in [7, 11) is 0. The van der Waals surface area contributed by atoms with Crippen molar-refractivity contribution >= 4 is 5.71 Å². The molecule has 2 aliphatic rings. The Labute approximate surface area is 100 Å². The highest BCUT2D eigenvalue weighted by atomic mass is 14.8. The lowest BCUT2D eigenvalue weighted by atomic mass is 10.0. The van der Waals surface area contributed by atoms with Gasteiger partial charge < -0.3 is 0 Å². The van der Waals surface area contributed by atoms with Gasteiger partial charge in [-0.3, -0.25) is 4.99 Å². The summed E-state index contributed by atoms with van der Waals surface area (Å²) in [5.74, 6) is 0. The molecule has 0 fully saturated rings. The van der Waals surface area contributed by atoms with Crippen LogP contribution in [0.4, 0.5) is 0 Å². The van der Waals surface area contributed by atoms with E-state index in [9.17, 15) is 0 Å². The van der Waals surface area contributed by atoms with Crippen molar-refractivity contribution in [3.63, 3.8) is 0 Å². The van der Waals surface area contributed by atoms with E-state index in [1.54, 1.807) is 0 Å². The van der Waals surface area contributed by atoms with Gasteiger partial charge in [0.1, 0.15) is 0 Å². The van der Waals surface area contributed by atoms with Gasteiger partial charge in [0.05, 0.1) is 6.04 Å². The van der Waals surface area contributed by atoms with E-state index in [4.69, 9.17) is 4.99 Å². The Morgan fingerprint density at radius 1 is 0.875 bits per heavy atom. The van der Waals surface area contributed by atoms with E-state index in [0.29, 0.717) is 6.04 Å². The molecule has 2 aliphatic heterocycles. The van der Waals surface area contributed by atoms with Crippen LogP contribution in [-0.2, 0) is 0 Å². The van der Waals surface area contributed by atoms with Crippen LogP contribution in [0.1, 0.15) is 70.6 Å². The van der Waals surface area contributed by atoms with Gasteiger partial charge in [-0.25, -0.2) is 0 Å². The van der Waals surface area contributed by atoms with Crippen LogP contribution in [0.5, 0.6) is 0 Å². The number of fused-ring (bicyclic) bond motifs is 1. The van der Waals surface area contributed by atoms with E-state index < -0.39 is 0 Å². The highest BCUT2D eigenvalue weighted by Gasteiger charge is 2.10. The highest BCUT2D eigenvalue weighted by Crippen LogP contribution is 2.19. The van der Waals surface area contributed by atoms with Crippen LogP contribution in [0.3, 0.4) is 0 Å². The van der Waals surface area contributed by atoms with Gasteiger partial charge in [0.2, 0.25) is 0 Å². The van der Waals surface area contributed by atoms with Crippen molar-refractivity contribution in [2.45, 2.75) is 76.7 Å². The van der Waals surface area contributed by atoms with Crippen molar-refractivity contribution in [2.24, 2.45) is 4.99 Å². The fourth-order valence-corrected chi connectivity index (χ4v) is 2.77. The molecule has 0 aliphatic carbocycles. The molecule has 0 aromatic rings. The lowest BCUT2D eigenvalue weighted by molar-refractivity contribution is 0.532. The molecule has 1 nitrogen and oxygen atoms in total. The van der Waals surface area contributed by atoms with Crippen molar-refractivity contribution in [1.29, 1.82) is 0 Å². The second-order valence-electron chi connectivity index (χ2n) is 5.28. The number of dihydropyridines is 1. The third-order valence-corrected chi connectivity index (χ3v) is 3.79. The fourth-order valence-electron chi connectivity index (χ4n) is 2.77. The van der Waals surface area contributed by atoms with Crippen molar-refractivity contribution in [2.75, 3.05) is 0 Å². The number of hydrogen-bond donors (Lipinski definition) is 0. The van der Waals surface area contributed by atoms with Crippen LogP contribution in [0.25, 0.3) is 0 Å². The summed E-state index contributed by atoms with van der Waals surface area (Å²) in [5.41, 5.74) is 1.37. The number of aliphatic imine (C=N–C) groups is 1. The second kappa shape index (κ2) is 6.88. The van der Waals surface area contributed by atoms with Gasteiger partial charge in [0.25, 0.3) is 0 Å². The minimum Gasteiger partial charge on any atom is -0.286 e. The van der Waals surface area contributed by atoms with Crippen molar-refractivity contribution in [3.8, 4) is 0 Å². The zero-order chi connectivity index (χ0) is 11.1. The fraction of sp³-hybridized carbons (Fsp3) is 0.800. The Balaban J connectivity index is 1.86. The predicted molar refractivity (Wildman–Crippen MR) is 71.2 cm³/mol. The topological polar surface area (TPSA) is 12.4 Å².